The lowest BCUT2D eigenvalue weighted by atomic mass is 9.78. The van der Waals surface area contributed by atoms with Crippen molar-refractivity contribution in [2.24, 2.45) is 0 Å². The monoisotopic (exact) mass is 254 g/mol. The van der Waals surface area contributed by atoms with Crippen molar-refractivity contribution in [3.63, 3.8) is 0 Å². The lowest BCUT2D eigenvalue weighted by Crippen LogP contribution is -2.20. The molecular formula is C17H18O2. The Morgan fingerprint density at radius 2 is 1.53 bits per heavy atom. The maximum atomic E-state index is 11.2. The maximum Gasteiger partial charge on any atom is 0.308 e. The summed E-state index contributed by atoms with van der Waals surface area (Å²) in [5, 5.41) is 0. The molecule has 0 radical (unpaired) electrons. The van der Waals surface area contributed by atoms with Crippen LogP contribution in [0.4, 0.5) is 0 Å². The fourth-order valence-electron chi connectivity index (χ4n) is 2.24. The van der Waals surface area contributed by atoms with Crippen LogP contribution in [0.25, 0.3) is 0 Å². The molecule has 2 rings (SSSR count). The Hall–Kier alpha value is -2.09. The summed E-state index contributed by atoms with van der Waals surface area (Å²) < 4.78 is 5.31. The quantitative estimate of drug-likeness (QED) is 0.612. The molecule has 0 heterocycles. The van der Waals surface area contributed by atoms with Crippen LogP contribution >= 0.6 is 0 Å². The zero-order valence-corrected chi connectivity index (χ0v) is 11.5. The molecule has 0 amide bonds. The van der Waals surface area contributed by atoms with Gasteiger partial charge in [0.25, 0.3) is 0 Å². The van der Waals surface area contributed by atoms with Crippen molar-refractivity contribution in [2.45, 2.75) is 26.2 Å². The Bertz CT molecular complexity index is 571. The summed E-state index contributed by atoms with van der Waals surface area (Å²) in [5.41, 5.74) is 1.99. The molecule has 2 aromatic rings. The highest BCUT2D eigenvalue weighted by Gasteiger charge is 2.26. The molecule has 0 N–H and O–H groups in total. The SMILES string of the molecule is CC(=O)Oc1ccccc1C(C)(C)c1ccccc1. The Labute approximate surface area is 114 Å². The average molecular weight is 254 g/mol. The van der Waals surface area contributed by atoms with Crippen molar-refractivity contribution >= 4 is 5.97 Å². The van der Waals surface area contributed by atoms with Gasteiger partial charge < -0.3 is 4.74 Å². The van der Waals surface area contributed by atoms with E-state index < -0.39 is 0 Å². The van der Waals surface area contributed by atoms with E-state index in [4.69, 9.17) is 4.74 Å². The second-order valence-electron chi connectivity index (χ2n) is 5.08. The molecule has 0 aliphatic rings. The molecule has 0 fully saturated rings. The zero-order valence-electron chi connectivity index (χ0n) is 11.5. The molecule has 0 unspecified atom stereocenters. The minimum absolute atomic E-state index is 0.215. The van der Waals surface area contributed by atoms with Gasteiger partial charge in [-0.05, 0) is 11.6 Å². The molecule has 98 valence electrons. The Morgan fingerprint density at radius 1 is 0.947 bits per heavy atom. The van der Waals surface area contributed by atoms with Crippen LogP contribution in [0.2, 0.25) is 0 Å². The number of esters is 1. The van der Waals surface area contributed by atoms with Crippen molar-refractivity contribution in [2.75, 3.05) is 0 Å². The summed E-state index contributed by atoms with van der Waals surface area (Å²) in [6.45, 7) is 5.68. The first kappa shape index (κ1) is 13.3. The van der Waals surface area contributed by atoms with Gasteiger partial charge in [0.15, 0.2) is 0 Å². The van der Waals surface area contributed by atoms with Gasteiger partial charge in [-0.3, -0.25) is 4.79 Å². The second-order valence-corrected chi connectivity index (χ2v) is 5.08. The molecule has 0 saturated carbocycles. The summed E-state index contributed by atoms with van der Waals surface area (Å²) in [6.07, 6.45) is 0. The minimum Gasteiger partial charge on any atom is -0.426 e. The molecule has 2 nitrogen and oxygen atoms in total. The smallest absolute Gasteiger partial charge is 0.308 e. The van der Waals surface area contributed by atoms with Gasteiger partial charge in [0.2, 0.25) is 0 Å². The molecule has 0 spiro atoms. The van der Waals surface area contributed by atoms with Gasteiger partial charge in [0.05, 0.1) is 0 Å². The summed E-state index contributed by atoms with van der Waals surface area (Å²) >= 11 is 0. The highest BCUT2D eigenvalue weighted by Crippen LogP contribution is 2.36. The van der Waals surface area contributed by atoms with Gasteiger partial charge in [-0.25, -0.2) is 0 Å². The highest BCUT2D eigenvalue weighted by atomic mass is 16.5. The van der Waals surface area contributed by atoms with Gasteiger partial charge in [-0.2, -0.15) is 0 Å². The fraction of sp³-hybridized carbons (Fsp3) is 0.235. The van der Waals surface area contributed by atoms with E-state index in [2.05, 4.69) is 26.0 Å². The predicted molar refractivity (Wildman–Crippen MR) is 76.3 cm³/mol. The first-order chi connectivity index (χ1) is 9.01. The second kappa shape index (κ2) is 5.27. The minimum atomic E-state index is -0.295. The number of rotatable bonds is 3. The number of ether oxygens (including phenoxy) is 1. The number of carbonyl (C=O) groups is 1. The van der Waals surface area contributed by atoms with Crippen LogP contribution in [0.3, 0.4) is 0 Å². The van der Waals surface area contributed by atoms with Crippen molar-refractivity contribution < 1.29 is 9.53 Å². The molecule has 0 aromatic heterocycles. The van der Waals surface area contributed by atoms with E-state index >= 15 is 0 Å². The van der Waals surface area contributed by atoms with Crippen molar-refractivity contribution in [3.05, 3.63) is 65.7 Å². The van der Waals surface area contributed by atoms with E-state index in [-0.39, 0.29) is 11.4 Å². The van der Waals surface area contributed by atoms with Gasteiger partial charge in [-0.15, -0.1) is 0 Å². The van der Waals surface area contributed by atoms with Crippen LogP contribution in [0.1, 0.15) is 31.9 Å². The summed E-state index contributed by atoms with van der Waals surface area (Å²) in [5.74, 6) is 0.333. The molecule has 0 bridgehead atoms. The first-order valence-electron chi connectivity index (χ1n) is 6.35. The predicted octanol–water partition coefficient (Wildman–Crippen LogP) is 3.94. The van der Waals surface area contributed by atoms with Crippen LogP contribution in [0.15, 0.2) is 54.6 Å². The zero-order chi connectivity index (χ0) is 13.9. The van der Waals surface area contributed by atoms with E-state index in [9.17, 15) is 4.79 Å². The number of carbonyl (C=O) groups excluding carboxylic acids is 1. The van der Waals surface area contributed by atoms with E-state index in [0.717, 1.165) is 5.56 Å². The summed E-state index contributed by atoms with van der Waals surface area (Å²) in [6, 6.07) is 17.9. The van der Waals surface area contributed by atoms with E-state index in [1.54, 1.807) is 0 Å². The van der Waals surface area contributed by atoms with Crippen molar-refractivity contribution in [3.8, 4) is 5.75 Å². The molecule has 2 heteroatoms. The highest BCUT2D eigenvalue weighted by molar-refractivity contribution is 5.70. The molecule has 0 aliphatic carbocycles. The lowest BCUT2D eigenvalue weighted by Gasteiger charge is -2.27. The number of benzene rings is 2. The Kier molecular flexibility index (Phi) is 3.70. The van der Waals surface area contributed by atoms with E-state index in [0.29, 0.717) is 5.75 Å². The summed E-state index contributed by atoms with van der Waals surface area (Å²) in [7, 11) is 0. The standard InChI is InChI=1S/C17H18O2/c1-13(18)19-16-12-8-7-11-15(16)17(2,3)14-9-5-4-6-10-14/h4-12H,1-3H3. The average Bonchev–Trinajstić information content (AvgIpc) is 2.39. The van der Waals surface area contributed by atoms with Crippen LogP contribution in [0.5, 0.6) is 5.75 Å². The topological polar surface area (TPSA) is 26.3 Å². The number of hydrogen-bond donors (Lipinski definition) is 0. The van der Waals surface area contributed by atoms with Crippen LogP contribution in [-0.4, -0.2) is 5.97 Å². The van der Waals surface area contributed by atoms with Crippen LogP contribution < -0.4 is 4.74 Å². The Morgan fingerprint density at radius 3 is 2.16 bits per heavy atom. The van der Waals surface area contributed by atoms with E-state index in [1.165, 1.54) is 12.5 Å². The first-order valence-corrected chi connectivity index (χ1v) is 6.35. The fourth-order valence-corrected chi connectivity index (χ4v) is 2.24. The van der Waals surface area contributed by atoms with E-state index in [1.807, 2.05) is 42.5 Å². The number of hydrogen-bond acceptors (Lipinski definition) is 2. The van der Waals surface area contributed by atoms with Crippen molar-refractivity contribution in [1.82, 2.24) is 0 Å². The van der Waals surface area contributed by atoms with Crippen LogP contribution in [0, 0.1) is 0 Å². The molecular weight excluding hydrogens is 236 g/mol. The molecule has 0 aliphatic heterocycles. The van der Waals surface area contributed by atoms with Crippen LogP contribution in [-0.2, 0) is 10.2 Å². The third-order valence-electron chi connectivity index (χ3n) is 3.31. The van der Waals surface area contributed by atoms with Gasteiger partial charge >= 0.3 is 5.97 Å². The normalized spacial score (nSPS) is 11.1. The number of para-hydroxylation sites is 1. The van der Waals surface area contributed by atoms with Gasteiger partial charge in [0, 0.05) is 17.9 Å². The largest absolute Gasteiger partial charge is 0.426 e. The molecule has 0 saturated heterocycles. The van der Waals surface area contributed by atoms with Gasteiger partial charge in [0.1, 0.15) is 5.75 Å². The maximum absolute atomic E-state index is 11.2. The third-order valence-corrected chi connectivity index (χ3v) is 3.31. The molecule has 0 atom stereocenters. The third kappa shape index (κ3) is 2.84. The summed E-state index contributed by atoms with van der Waals surface area (Å²) in [4.78, 5) is 11.2. The van der Waals surface area contributed by atoms with Crippen molar-refractivity contribution in [1.29, 1.82) is 0 Å². The molecule has 19 heavy (non-hydrogen) atoms. The van der Waals surface area contributed by atoms with Gasteiger partial charge in [-0.1, -0.05) is 62.4 Å². The lowest BCUT2D eigenvalue weighted by molar-refractivity contribution is -0.131. The Balaban J connectivity index is 2.49. The molecule has 2 aromatic carbocycles.